The Hall–Kier alpha value is -2.21. The summed E-state index contributed by atoms with van der Waals surface area (Å²) in [6.45, 7) is 5.87. The van der Waals surface area contributed by atoms with Gasteiger partial charge in [-0.15, -0.1) is 0 Å². The second-order valence-corrected chi connectivity index (χ2v) is 5.08. The van der Waals surface area contributed by atoms with Gasteiger partial charge in [-0.1, -0.05) is 26.0 Å². The van der Waals surface area contributed by atoms with Crippen molar-refractivity contribution < 1.29 is 4.92 Å². The molecule has 0 saturated carbocycles. The third-order valence-electron chi connectivity index (χ3n) is 2.84. The van der Waals surface area contributed by atoms with E-state index in [1.807, 2.05) is 6.07 Å². The average molecular weight is 274 g/mol. The molecule has 2 rings (SSSR count). The summed E-state index contributed by atoms with van der Waals surface area (Å²) < 4.78 is 0. The van der Waals surface area contributed by atoms with Crippen LogP contribution in [0.3, 0.4) is 0 Å². The number of nitrogens with one attached hydrogen (secondary N) is 2. The molecule has 0 saturated heterocycles. The van der Waals surface area contributed by atoms with Gasteiger partial charge in [0.2, 0.25) is 0 Å². The zero-order chi connectivity index (χ0) is 14.5. The van der Waals surface area contributed by atoms with Crippen LogP contribution < -0.4 is 5.32 Å². The highest BCUT2D eigenvalue weighted by atomic mass is 16.6. The van der Waals surface area contributed by atoms with E-state index in [1.54, 1.807) is 18.3 Å². The van der Waals surface area contributed by atoms with Crippen molar-refractivity contribution >= 4 is 5.69 Å². The largest absolute Gasteiger partial charge is 0.341 e. The molecule has 0 spiro atoms. The smallest absolute Gasteiger partial charge is 0.270 e. The zero-order valence-electron chi connectivity index (χ0n) is 11.6. The highest BCUT2D eigenvalue weighted by Gasteiger charge is 2.09. The molecule has 2 N–H and O–H groups in total. The van der Waals surface area contributed by atoms with Crippen molar-refractivity contribution in [3.05, 3.63) is 46.4 Å². The number of hydrogen-bond donors (Lipinski definition) is 2. The quantitative estimate of drug-likeness (QED) is 0.626. The minimum absolute atomic E-state index is 0.0802. The fourth-order valence-corrected chi connectivity index (χ4v) is 1.87. The summed E-state index contributed by atoms with van der Waals surface area (Å²) in [5, 5.41) is 14.1. The first kappa shape index (κ1) is 14.2. The fourth-order valence-electron chi connectivity index (χ4n) is 1.87. The molecule has 0 radical (unpaired) electrons. The first-order valence-corrected chi connectivity index (χ1v) is 6.55. The molecule has 1 aromatic heterocycles. The van der Waals surface area contributed by atoms with Crippen molar-refractivity contribution in [3.8, 4) is 11.3 Å². The summed E-state index contributed by atoms with van der Waals surface area (Å²) in [7, 11) is 0. The fraction of sp³-hybridized carbons (Fsp3) is 0.357. The van der Waals surface area contributed by atoms with E-state index in [0.29, 0.717) is 12.5 Å². The van der Waals surface area contributed by atoms with Crippen molar-refractivity contribution in [1.82, 2.24) is 15.3 Å². The molecule has 1 heterocycles. The predicted molar refractivity (Wildman–Crippen MR) is 77.2 cm³/mol. The molecule has 6 heteroatoms. The zero-order valence-corrected chi connectivity index (χ0v) is 11.6. The first-order chi connectivity index (χ1) is 9.56. The van der Waals surface area contributed by atoms with Crippen LogP contribution in [0.4, 0.5) is 5.69 Å². The molecule has 1 aromatic carbocycles. The molecule has 0 bridgehead atoms. The molecular weight excluding hydrogens is 256 g/mol. The van der Waals surface area contributed by atoms with Gasteiger partial charge in [-0.25, -0.2) is 4.98 Å². The first-order valence-electron chi connectivity index (χ1n) is 6.55. The molecule has 0 unspecified atom stereocenters. The predicted octanol–water partition coefficient (Wildman–Crippen LogP) is 2.73. The molecule has 0 fully saturated rings. The van der Waals surface area contributed by atoms with Gasteiger partial charge in [0.05, 0.1) is 23.4 Å². The van der Waals surface area contributed by atoms with Gasteiger partial charge in [0, 0.05) is 17.7 Å². The number of aromatic amines is 1. The number of non-ortho nitro benzene ring substituents is 1. The van der Waals surface area contributed by atoms with Crippen molar-refractivity contribution in [2.45, 2.75) is 20.4 Å². The van der Waals surface area contributed by atoms with Crippen molar-refractivity contribution in [3.63, 3.8) is 0 Å². The summed E-state index contributed by atoms with van der Waals surface area (Å²) in [6, 6.07) is 6.51. The second-order valence-electron chi connectivity index (χ2n) is 5.08. The maximum Gasteiger partial charge on any atom is 0.270 e. The van der Waals surface area contributed by atoms with E-state index in [0.717, 1.165) is 23.6 Å². The monoisotopic (exact) mass is 274 g/mol. The van der Waals surface area contributed by atoms with Crippen LogP contribution in [0.5, 0.6) is 0 Å². The second kappa shape index (κ2) is 6.29. The molecule has 2 aromatic rings. The van der Waals surface area contributed by atoms with Gasteiger partial charge in [-0.05, 0) is 12.5 Å². The minimum Gasteiger partial charge on any atom is -0.341 e. The summed E-state index contributed by atoms with van der Waals surface area (Å²) in [5.74, 6) is 1.41. The summed E-state index contributed by atoms with van der Waals surface area (Å²) in [5.41, 5.74) is 1.63. The van der Waals surface area contributed by atoms with Crippen LogP contribution in [0.1, 0.15) is 19.7 Å². The Morgan fingerprint density at radius 3 is 2.95 bits per heavy atom. The van der Waals surface area contributed by atoms with E-state index in [2.05, 4.69) is 29.1 Å². The number of benzene rings is 1. The standard InChI is InChI=1S/C14H18N4O2/c1-10(2)7-15-9-14-16-8-13(17-14)11-4-3-5-12(6-11)18(19)20/h3-6,8,10,15H,7,9H2,1-2H3,(H,16,17). The minimum atomic E-state index is -0.398. The van der Waals surface area contributed by atoms with Gasteiger partial charge >= 0.3 is 0 Å². The van der Waals surface area contributed by atoms with Crippen LogP contribution in [0.25, 0.3) is 11.3 Å². The van der Waals surface area contributed by atoms with Gasteiger partial charge < -0.3 is 10.3 Å². The molecule has 106 valence electrons. The Morgan fingerprint density at radius 2 is 2.25 bits per heavy atom. The van der Waals surface area contributed by atoms with Crippen molar-refractivity contribution in [2.75, 3.05) is 6.54 Å². The number of imidazole rings is 1. The number of hydrogen-bond acceptors (Lipinski definition) is 4. The van der Waals surface area contributed by atoms with Gasteiger partial charge in [0.1, 0.15) is 5.82 Å². The van der Waals surface area contributed by atoms with Gasteiger partial charge in [-0.3, -0.25) is 10.1 Å². The summed E-state index contributed by atoms with van der Waals surface area (Å²) >= 11 is 0. The highest BCUT2D eigenvalue weighted by molar-refractivity contribution is 5.61. The van der Waals surface area contributed by atoms with Crippen LogP contribution in [0.15, 0.2) is 30.5 Å². The lowest BCUT2D eigenvalue weighted by molar-refractivity contribution is -0.384. The molecule has 0 aliphatic carbocycles. The number of H-pyrrole nitrogens is 1. The third-order valence-corrected chi connectivity index (χ3v) is 2.84. The highest BCUT2D eigenvalue weighted by Crippen LogP contribution is 2.22. The van der Waals surface area contributed by atoms with Gasteiger partial charge in [0.25, 0.3) is 5.69 Å². The average Bonchev–Trinajstić information content (AvgIpc) is 2.87. The Balaban J connectivity index is 2.08. The number of rotatable bonds is 6. The normalized spacial score (nSPS) is 10.9. The molecule has 0 aliphatic heterocycles. The third kappa shape index (κ3) is 3.64. The van der Waals surface area contributed by atoms with Crippen LogP contribution >= 0.6 is 0 Å². The van der Waals surface area contributed by atoms with Crippen LogP contribution in [-0.4, -0.2) is 21.4 Å². The van der Waals surface area contributed by atoms with E-state index in [1.165, 1.54) is 6.07 Å². The molecule has 6 nitrogen and oxygen atoms in total. The van der Waals surface area contributed by atoms with E-state index < -0.39 is 4.92 Å². The van der Waals surface area contributed by atoms with Crippen LogP contribution in [0.2, 0.25) is 0 Å². The van der Waals surface area contributed by atoms with Crippen LogP contribution in [-0.2, 0) is 6.54 Å². The number of nitro groups is 1. The summed E-state index contributed by atoms with van der Waals surface area (Å²) in [6.07, 6.45) is 1.70. The van der Waals surface area contributed by atoms with Crippen molar-refractivity contribution in [1.29, 1.82) is 0 Å². The maximum atomic E-state index is 10.8. The Labute approximate surface area is 117 Å². The maximum absolute atomic E-state index is 10.8. The molecule has 0 aliphatic rings. The molecule has 0 amide bonds. The van der Waals surface area contributed by atoms with E-state index in [9.17, 15) is 10.1 Å². The Morgan fingerprint density at radius 1 is 1.45 bits per heavy atom. The Kier molecular flexibility index (Phi) is 4.47. The summed E-state index contributed by atoms with van der Waals surface area (Å²) in [4.78, 5) is 17.8. The van der Waals surface area contributed by atoms with Gasteiger partial charge in [-0.2, -0.15) is 0 Å². The number of nitro benzene ring substituents is 1. The van der Waals surface area contributed by atoms with Crippen LogP contribution in [0, 0.1) is 16.0 Å². The Bertz CT molecular complexity index is 592. The van der Waals surface area contributed by atoms with E-state index in [4.69, 9.17) is 0 Å². The SMILES string of the molecule is CC(C)CNCc1ncc(-c2cccc([N+](=O)[O-])c2)[nH]1. The molecular formula is C14H18N4O2. The lowest BCUT2D eigenvalue weighted by Gasteiger charge is -2.04. The van der Waals surface area contributed by atoms with E-state index in [-0.39, 0.29) is 5.69 Å². The number of nitrogens with zero attached hydrogens (tertiary/aromatic N) is 2. The molecule has 0 atom stereocenters. The lowest BCUT2D eigenvalue weighted by Crippen LogP contribution is -2.19. The lowest BCUT2D eigenvalue weighted by atomic mass is 10.1. The van der Waals surface area contributed by atoms with Crippen molar-refractivity contribution in [2.24, 2.45) is 5.92 Å². The number of aromatic nitrogens is 2. The van der Waals surface area contributed by atoms with E-state index >= 15 is 0 Å². The molecule has 20 heavy (non-hydrogen) atoms. The van der Waals surface area contributed by atoms with Gasteiger partial charge in [0.15, 0.2) is 0 Å². The topological polar surface area (TPSA) is 83.8 Å².